The minimum absolute atomic E-state index is 1.00. The van der Waals surface area contributed by atoms with Crippen LogP contribution in [0.25, 0.3) is 0 Å². The molecule has 1 N–H and O–H groups in total. The van der Waals surface area contributed by atoms with Gasteiger partial charge in [-0.2, -0.15) is 0 Å². The molecule has 3 heteroatoms. The molecule has 0 aliphatic rings. The van der Waals surface area contributed by atoms with E-state index in [1.165, 1.54) is 28.6 Å². The second-order valence-electron chi connectivity index (χ2n) is 3.08. The molecule has 0 aromatic carbocycles. The molecule has 0 unspecified atom stereocenters. The fourth-order valence-electron chi connectivity index (χ4n) is 1.15. The van der Waals surface area contributed by atoms with Gasteiger partial charge >= 0.3 is 0 Å². The highest BCUT2D eigenvalue weighted by Gasteiger charge is 1.99. The van der Waals surface area contributed by atoms with Crippen molar-refractivity contribution in [2.75, 3.05) is 6.54 Å². The third kappa shape index (κ3) is 4.25. The molecule has 0 saturated carbocycles. The van der Waals surface area contributed by atoms with E-state index in [9.17, 15) is 0 Å². The molecule has 0 radical (unpaired) electrons. The first-order valence-electron chi connectivity index (χ1n) is 4.77. The highest BCUT2D eigenvalue weighted by molar-refractivity contribution is 9.10. The van der Waals surface area contributed by atoms with Crippen molar-refractivity contribution in [3.05, 3.63) is 20.8 Å². The van der Waals surface area contributed by atoms with E-state index in [-0.39, 0.29) is 0 Å². The molecule has 1 heterocycles. The summed E-state index contributed by atoms with van der Waals surface area (Å²) in [6, 6.07) is 2.10. The molecule has 0 spiro atoms. The van der Waals surface area contributed by atoms with Crippen molar-refractivity contribution in [1.82, 2.24) is 5.32 Å². The van der Waals surface area contributed by atoms with E-state index in [1.807, 2.05) is 0 Å². The van der Waals surface area contributed by atoms with E-state index < -0.39 is 0 Å². The van der Waals surface area contributed by atoms with Gasteiger partial charge in [0.15, 0.2) is 0 Å². The number of hydrogen-bond donors (Lipinski definition) is 1. The summed E-state index contributed by atoms with van der Waals surface area (Å²) >= 11 is 5.32. The predicted molar refractivity (Wildman–Crippen MR) is 63.3 cm³/mol. The first-order chi connectivity index (χ1) is 6.34. The van der Waals surface area contributed by atoms with Crippen molar-refractivity contribution in [3.63, 3.8) is 0 Å². The Hall–Kier alpha value is 0.140. The lowest BCUT2D eigenvalue weighted by Gasteiger charge is -2.02. The van der Waals surface area contributed by atoms with E-state index in [2.05, 4.69) is 39.6 Å². The Labute approximate surface area is 92.7 Å². The fraction of sp³-hybridized carbons (Fsp3) is 0.600. The standard InChI is InChI=1S/C10H16BrNS/c1-2-3-4-6-12-8-10-9(11)5-7-13-10/h5,7,12H,2-4,6,8H2,1H3. The van der Waals surface area contributed by atoms with Crippen molar-refractivity contribution < 1.29 is 0 Å². The zero-order chi connectivity index (χ0) is 9.52. The summed E-state index contributed by atoms with van der Waals surface area (Å²) in [5.74, 6) is 0. The van der Waals surface area contributed by atoms with Gasteiger partial charge in [-0.1, -0.05) is 19.8 Å². The van der Waals surface area contributed by atoms with Crippen LogP contribution in [0.3, 0.4) is 0 Å². The van der Waals surface area contributed by atoms with E-state index in [0.717, 1.165) is 13.1 Å². The summed E-state index contributed by atoms with van der Waals surface area (Å²) < 4.78 is 1.24. The SMILES string of the molecule is CCCCCNCc1sccc1Br. The normalized spacial score (nSPS) is 10.6. The lowest BCUT2D eigenvalue weighted by molar-refractivity contribution is 0.619. The fourth-order valence-corrected chi connectivity index (χ4v) is 2.62. The third-order valence-corrected chi connectivity index (χ3v) is 3.86. The zero-order valence-corrected chi connectivity index (χ0v) is 10.4. The van der Waals surface area contributed by atoms with Crippen molar-refractivity contribution >= 4 is 27.3 Å². The van der Waals surface area contributed by atoms with Crippen LogP contribution in [0.1, 0.15) is 31.1 Å². The van der Waals surface area contributed by atoms with Gasteiger partial charge in [-0.25, -0.2) is 0 Å². The van der Waals surface area contributed by atoms with E-state index in [4.69, 9.17) is 0 Å². The second kappa shape index (κ2) is 6.57. The van der Waals surface area contributed by atoms with Crippen LogP contribution in [-0.4, -0.2) is 6.54 Å². The lowest BCUT2D eigenvalue weighted by atomic mass is 10.2. The first kappa shape index (κ1) is 11.2. The molecular formula is C10H16BrNS. The molecule has 1 aromatic rings. The molecule has 0 aliphatic heterocycles. The van der Waals surface area contributed by atoms with Crippen molar-refractivity contribution in [3.8, 4) is 0 Å². The summed E-state index contributed by atoms with van der Waals surface area (Å²) in [7, 11) is 0. The van der Waals surface area contributed by atoms with Crippen LogP contribution in [0.5, 0.6) is 0 Å². The Morgan fingerprint density at radius 1 is 1.46 bits per heavy atom. The van der Waals surface area contributed by atoms with Crippen LogP contribution in [-0.2, 0) is 6.54 Å². The molecule has 1 nitrogen and oxygen atoms in total. The van der Waals surface area contributed by atoms with Gasteiger partial charge in [0.25, 0.3) is 0 Å². The molecule has 0 atom stereocenters. The van der Waals surface area contributed by atoms with Gasteiger partial charge in [-0.3, -0.25) is 0 Å². The first-order valence-corrected chi connectivity index (χ1v) is 6.44. The number of nitrogens with one attached hydrogen (secondary N) is 1. The number of hydrogen-bond acceptors (Lipinski definition) is 2. The number of unbranched alkanes of at least 4 members (excludes halogenated alkanes) is 2. The quantitative estimate of drug-likeness (QED) is 0.769. The maximum Gasteiger partial charge on any atom is 0.0327 e. The monoisotopic (exact) mass is 261 g/mol. The summed E-state index contributed by atoms with van der Waals surface area (Å²) in [5, 5.41) is 5.56. The highest BCUT2D eigenvalue weighted by atomic mass is 79.9. The smallest absolute Gasteiger partial charge is 0.0327 e. The third-order valence-electron chi connectivity index (χ3n) is 1.93. The average molecular weight is 262 g/mol. The Morgan fingerprint density at radius 2 is 2.31 bits per heavy atom. The van der Waals surface area contributed by atoms with Crippen molar-refractivity contribution in [1.29, 1.82) is 0 Å². The highest BCUT2D eigenvalue weighted by Crippen LogP contribution is 2.21. The largest absolute Gasteiger partial charge is 0.312 e. The molecule has 1 rings (SSSR count). The summed E-state index contributed by atoms with van der Waals surface area (Å²) in [5.41, 5.74) is 0. The van der Waals surface area contributed by atoms with Crippen LogP contribution in [0.2, 0.25) is 0 Å². The Morgan fingerprint density at radius 3 is 2.92 bits per heavy atom. The number of thiophene rings is 1. The van der Waals surface area contributed by atoms with Crippen LogP contribution in [0, 0.1) is 0 Å². The van der Waals surface area contributed by atoms with Gasteiger partial charge < -0.3 is 5.32 Å². The Bertz CT molecular complexity index is 235. The van der Waals surface area contributed by atoms with Gasteiger partial charge in [0.05, 0.1) is 0 Å². The van der Waals surface area contributed by atoms with Crippen LogP contribution >= 0.6 is 27.3 Å². The lowest BCUT2D eigenvalue weighted by Crippen LogP contribution is -2.13. The molecular weight excluding hydrogens is 246 g/mol. The topological polar surface area (TPSA) is 12.0 Å². The van der Waals surface area contributed by atoms with Crippen LogP contribution in [0.4, 0.5) is 0 Å². The molecule has 0 saturated heterocycles. The minimum atomic E-state index is 1.00. The summed E-state index contributed by atoms with van der Waals surface area (Å²) in [6.45, 7) is 4.37. The molecule has 0 fully saturated rings. The van der Waals surface area contributed by atoms with E-state index >= 15 is 0 Å². The second-order valence-corrected chi connectivity index (χ2v) is 4.93. The van der Waals surface area contributed by atoms with Gasteiger partial charge in [-0.05, 0) is 40.3 Å². The van der Waals surface area contributed by atoms with Gasteiger partial charge in [0, 0.05) is 15.9 Å². The van der Waals surface area contributed by atoms with Gasteiger partial charge in [0.2, 0.25) is 0 Å². The van der Waals surface area contributed by atoms with Crippen LogP contribution in [0.15, 0.2) is 15.9 Å². The molecule has 0 amide bonds. The molecule has 13 heavy (non-hydrogen) atoms. The Kier molecular flexibility index (Phi) is 5.67. The minimum Gasteiger partial charge on any atom is -0.312 e. The van der Waals surface area contributed by atoms with E-state index in [0.29, 0.717) is 0 Å². The molecule has 0 bridgehead atoms. The van der Waals surface area contributed by atoms with E-state index in [1.54, 1.807) is 11.3 Å². The maximum absolute atomic E-state index is 3.52. The Balaban J connectivity index is 2.10. The number of rotatable bonds is 6. The predicted octanol–water partition coefficient (Wildman–Crippen LogP) is 3.79. The zero-order valence-electron chi connectivity index (χ0n) is 7.98. The van der Waals surface area contributed by atoms with Gasteiger partial charge in [-0.15, -0.1) is 11.3 Å². The summed E-state index contributed by atoms with van der Waals surface area (Å²) in [6.07, 6.45) is 3.92. The average Bonchev–Trinajstić information content (AvgIpc) is 2.52. The van der Waals surface area contributed by atoms with Gasteiger partial charge in [0.1, 0.15) is 0 Å². The molecule has 1 aromatic heterocycles. The molecule has 74 valence electrons. The van der Waals surface area contributed by atoms with Crippen molar-refractivity contribution in [2.45, 2.75) is 32.7 Å². The molecule has 0 aliphatic carbocycles. The van der Waals surface area contributed by atoms with Crippen molar-refractivity contribution in [2.24, 2.45) is 0 Å². The maximum atomic E-state index is 3.52. The van der Waals surface area contributed by atoms with Crippen LogP contribution < -0.4 is 5.32 Å². The summed E-state index contributed by atoms with van der Waals surface area (Å²) in [4.78, 5) is 1.40. The number of halogens is 1.